The zero-order valence-electron chi connectivity index (χ0n) is 11.2. The number of aromatic nitrogens is 1. The number of aryl methyl sites for hydroxylation is 2. The Hall–Kier alpha value is -1.38. The highest BCUT2D eigenvalue weighted by molar-refractivity contribution is 5.75. The summed E-state index contributed by atoms with van der Waals surface area (Å²) in [5.74, 6) is 1.38. The van der Waals surface area contributed by atoms with Crippen molar-refractivity contribution < 1.29 is 4.79 Å². The lowest BCUT2D eigenvalue weighted by Gasteiger charge is -2.17. The molecule has 3 nitrogen and oxygen atoms in total. The molecule has 0 aliphatic carbocycles. The van der Waals surface area contributed by atoms with E-state index in [2.05, 4.69) is 22.4 Å². The fourth-order valence-electron chi connectivity index (χ4n) is 2.36. The van der Waals surface area contributed by atoms with Gasteiger partial charge in [-0.15, -0.1) is 0 Å². The van der Waals surface area contributed by atoms with Crippen LogP contribution >= 0.6 is 0 Å². The third-order valence-corrected chi connectivity index (χ3v) is 3.41. The van der Waals surface area contributed by atoms with E-state index < -0.39 is 0 Å². The van der Waals surface area contributed by atoms with Crippen molar-refractivity contribution >= 4 is 11.6 Å². The number of hydrogen-bond donors (Lipinski definition) is 1. The van der Waals surface area contributed by atoms with Gasteiger partial charge >= 0.3 is 0 Å². The van der Waals surface area contributed by atoms with E-state index in [9.17, 15) is 4.79 Å². The third kappa shape index (κ3) is 3.83. The molecular formula is C15H22N2O. The molecule has 0 saturated heterocycles. The van der Waals surface area contributed by atoms with Gasteiger partial charge in [0.05, 0.1) is 0 Å². The van der Waals surface area contributed by atoms with Crippen molar-refractivity contribution in [1.29, 1.82) is 0 Å². The van der Waals surface area contributed by atoms with E-state index in [1.54, 1.807) is 6.92 Å². The predicted molar refractivity (Wildman–Crippen MR) is 73.9 cm³/mol. The van der Waals surface area contributed by atoms with Crippen molar-refractivity contribution in [3.8, 4) is 0 Å². The fraction of sp³-hybridized carbons (Fsp3) is 0.600. The van der Waals surface area contributed by atoms with Gasteiger partial charge in [-0.2, -0.15) is 0 Å². The Balaban J connectivity index is 1.77. The molecule has 1 aromatic heterocycles. The normalized spacial score (nSPS) is 13.8. The number of nitrogens with one attached hydrogen (secondary N) is 1. The van der Waals surface area contributed by atoms with Crippen LogP contribution in [0.5, 0.6) is 0 Å². The lowest BCUT2D eigenvalue weighted by atomic mass is 10.0. The van der Waals surface area contributed by atoms with Gasteiger partial charge in [0, 0.05) is 18.7 Å². The van der Waals surface area contributed by atoms with Crippen molar-refractivity contribution in [3.05, 3.63) is 23.4 Å². The highest BCUT2D eigenvalue weighted by atomic mass is 16.1. The summed E-state index contributed by atoms with van der Waals surface area (Å²) in [6.07, 6.45) is 7.35. The average Bonchev–Trinajstić information content (AvgIpc) is 2.38. The number of carbonyl (C=O) groups excluding carboxylic acids is 1. The molecule has 3 heteroatoms. The molecule has 0 bridgehead atoms. The summed E-state index contributed by atoms with van der Waals surface area (Å²) in [6.45, 7) is 2.71. The molecule has 2 heterocycles. The molecule has 1 N–H and O–H groups in total. The third-order valence-electron chi connectivity index (χ3n) is 3.41. The molecule has 2 rings (SSSR count). The second-order valence-corrected chi connectivity index (χ2v) is 5.10. The van der Waals surface area contributed by atoms with Crippen LogP contribution < -0.4 is 5.32 Å². The molecule has 98 valence electrons. The molecular weight excluding hydrogens is 224 g/mol. The molecule has 0 saturated carbocycles. The summed E-state index contributed by atoms with van der Waals surface area (Å²) in [6, 6.07) is 4.36. The molecule has 1 aliphatic rings. The maximum Gasteiger partial charge on any atom is 0.129 e. The van der Waals surface area contributed by atoms with Crippen molar-refractivity contribution in [2.75, 3.05) is 11.9 Å². The number of unbranched alkanes of at least 4 members (excludes halogenated alkanes) is 2. The van der Waals surface area contributed by atoms with Crippen LogP contribution in [0.25, 0.3) is 0 Å². The van der Waals surface area contributed by atoms with Crippen molar-refractivity contribution in [3.63, 3.8) is 0 Å². The van der Waals surface area contributed by atoms with Crippen LogP contribution in [0.3, 0.4) is 0 Å². The molecule has 18 heavy (non-hydrogen) atoms. The number of ketones is 1. The predicted octanol–water partition coefficient (Wildman–Crippen LogP) is 3.13. The molecule has 0 spiro atoms. The molecule has 0 fully saturated rings. The Bertz CT molecular complexity index is 415. The van der Waals surface area contributed by atoms with Gasteiger partial charge in [0.1, 0.15) is 11.6 Å². The van der Waals surface area contributed by atoms with Gasteiger partial charge in [-0.05, 0) is 50.7 Å². The van der Waals surface area contributed by atoms with E-state index >= 15 is 0 Å². The first-order valence-corrected chi connectivity index (χ1v) is 6.98. The second kappa shape index (κ2) is 6.53. The van der Waals surface area contributed by atoms with E-state index in [1.807, 2.05) is 0 Å². The molecule has 0 unspecified atom stereocenters. The van der Waals surface area contributed by atoms with Gasteiger partial charge in [0.2, 0.25) is 0 Å². The molecule has 0 radical (unpaired) electrons. The van der Waals surface area contributed by atoms with Gasteiger partial charge < -0.3 is 10.1 Å². The first-order chi connectivity index (χ1) is 8.75. The lowest BCUT2D eigenvalue weighted by molar-refractivity contribution is -0.117. The Morgan fingerprint density at radius 2 is 2.22 bits per heavy atom. The number of hydrogen-bond acceptors (Lipinski definition) is 3. The highest BCUT2D eigenvalue weighted by Crippen LogP contribution is 2.20. The van der Waals surface area contributed by atoms with E-state index in [0.717, 1.165) is 50.9 Å². The molecule has 0 atom stereocenters. The molecule has 0 amide bonds. The number of pyridine rings is 1. The largest absolute Gasteiger partial charge is 0.370 e. The summed E-state index contributed by atoms with van der Waals surface area (Å²) < 4.78 is 0. The molecule has 0 aromatic carbocycles. The number of fused-ring (bicyclic) bond motifs is 1. The van der Waals surface area contributed by atoms with Crippen LogP contribution in [0.1, 0.15) is 50.3 Å². The van der Waals surface area contributed by atoms with Gasteiger partial charge in [0.15, 0.2) is 0 Å². The number of Topliss-reactive ketones (excluding diaryl/α,β-unsaturated/α-hetero) is 1. The first-order valence-electron chi connectivity index (χ1n) is 6.98. The van der Waals surface area contributed by atoms with Crippen LogP contribution in [-0.4, -0.2) is 17.3 Å². The first kappa shape index (κ1) is 13.1. The van der Waals surface area contributed by atoms with E-state index in [-0.39, 0.29) is 0 Å². The van der Waals surface area contributed by atoms with Crippen LogP contribution in [0.15, 0.2) is 12.1 Å². The zero-order chi connectivity index (χ0) is 12.8. The van der Waals surface area contributed by atoms with E-state index in [0.29, 0.717) is 5.78 Å². The average molecular weight is 246 g/mol. The number of carbonyl (C=O) groups is 1. The maximum atomic E-state index is 10.8. The van der Waals surface area contributed by atoms with Crippen molar-refractivity contribution in [2.24, 2.45) is 0 Å². The van der Waals surface area contributed by atoms with E-state index in [4.69, 9.17) is 0 Å². The zero-order valence-corrected chi connectivity index (χ0v) is 11.2. The second-order valence-electron chi connectivity index (χ2n) is 5.10. The Kier molecular flexibility index (Phi) is 4.73. The highest BCUT2D eigenvalue weighted by Gasteiger charge is 2.09. The molecule has 1 aromatic rings. The van der Waals surface area contributed by atoms with Gasteiger partial charge in [-0.3, -0.25) is 0 Å². The summed E-state index contributed by atoms with van der Waals surface area (Å²) in [5.41, 5.74) is 2.52. The summed E-state index contributed by atoms with van der Waals surface area (Å²) >= 11 is 0. The van der Waals surface area contributed by atoms with Crippen molar-refractivity contribution in [1.82, 2.24) is 4.98 Å². The topological polar surface area (TPSA) is 42.0 Å². The Labute approximate surface area is 109 Å². The van der Waals surface area contributed by atoms with Crippen LogP contribution in [0, 0.1) is 0 Å². The quantitative estimate of drug-likeness (QED) is 0.784. The fourth-order valence-corrected chi connectivity index (χ4v) is 2.36. The lowest BCUT2D eigenvalue weighted by Crippen LogP contribution is -2.13. The summed E-state index contributed by atoms with van der Waals surface area (Å²) in [7, 11) is 0. The summed E-state index contributed by atoms with van der Waals surface area (Å²) in [5, 5.41) is 3.36. The maximum absolute atomic E-state index is 10.8. The molecule has 1 aliphatic heterocycles. The van der Waals surface area contributed by atoms with E-state index in [1.165, 1.54) is 17.7 Å². The van der Waals surface area contributed by atoms with Gasteiger partial charge in [-0.1, -0.05) is 12.5 Å². The minimum atomic E-state index is 0.297. The minimum Gasteiger partial charge on any atom is -0.370 e. The SMILES string of the molecule is CC(=O)CCCCCc1ccc2c(n1)NCCC2. The summed E-state index contributed by atoms with van der Waals surface area (Å²) in [4.78, 5) is 15.5. The number of nitrogens with zero attached hydrogens (tertiary/aromatic N) is 1. The van der Waals surface area contributed by atoms with Crippen LogP contribution in [0.4, 0.5) is 5.82 Å². The smallest absolute Gasteiger partial charge is 0.129 e. The van der Waals surface area contributed by atoms with Gasteiger partial charge in [-0.25, -0.2) is 4.98 Å². The Morgan fingerprint density at radius 1 is 1.33 bits per heavy atom. The monoisotopic (exact) mass is 246 g/mol. The standard InChI is InChI=1S/C15H22N2O/c1-12(18)6-3-2-4-8-14-10-9-13-7-5-11-16-15(13)17-14/h9-10H,2-8,11H2,1H3,(H,16,17). The number of rotatable bonds is 6. The van der Waals surface area contributed by atoms with Crippen LogP contribution in [0.2, 0.25) is 0 Å². The van der Waals surface area contributed by atoms with Crippen LogP contribution in [-0.2, 0) is 17.6 Å². The number of anilines is 1. The van der Waals surface area contributed by atoms with Crippen molar-refractivity contribution in [2.45, 2.75) is 51.9 Å². The minimum absolute atomic E-state index is 0.297. The Morgan fingerprint density at radius 3 is 3.06 bits per heavy atom. The van der Waals surface area contributed by atoms with Gasteiger partial charge in [0.25, 0.3) is 0 Å².